The van der Waals surface area contributed by atoms with Crippen molar-refractivity contribution in [1.29, 1.82) is 0 Å². The molecule has 7 nitrogen and oxygen atoms in total. The molecule has 2 aliphatic rings. The summed E-state index contributed by atoms with van der Waals surface area (Å²) in [6.45, 7) is 2.53. The highest BCUT2D eigenvalue weighted by atomic mass is 35.5. The molecule has 1 saturated heterocycles. The number of hydrogen-bond acceptors (Lipinski definition) is 5. The fourth-order valence-electron chi connectivity index (χ4n) is 3.32. The van der Waals surface area contributed by atoms with E-state index in [0.717, 1.165) is 18.8 Å². The molecule has 1 aromatic carbocycles. The zero-order valence-electron chi connectivity index (χ0n) is 14.7. The van der Waals surface area contributed by atoms with Crippen LogP contribution in [0.1, 0.15) is 0 Å². The van der Waals surface area contributed by atoms with Crippen molar-refractivity contribution < 1.29 is 14.3 Å². The van der Waals surface area contributed by atoms with Gasteiger partial charge in [0.2, 0.25) is 5.91 Å². The van der Waals surface area contributed by atoms with Crippen LogP contribution in [0.4, 0.5) is 11.5 Å². The van der Waals surface area contributed by atoms with E-state index in [-0.39, 0.29) is 25.0 Å². The normalized spacial score (nSPS) is 16.8. The smallest absolute Gasteiger partial charge is 0.266 e. The van der Waals surface area contributed by atoms with Gasteiger partial charge in [-0.1, -0.05) is 17.7 Å². The van der Waals surface area contributed by atoms with E-state index in [1.54, 1.807) is 23.2 Å². The molecule has 0 spiro atoms. The van der Waals surface area contributed by atoms with Crippen molar-refractivity contribution in [2.45, 2.75) is 0 Å². The van der Waals surface area contributed by atoms with Crippen LogP contribution in [0.3, 0.4) is 0 Å². The monoisotopic (exact) mass is 386 g/mol. The van der Waals surface area contributed by atoms with Crippen molar-refractivity contribution in [2.24, 2.45) is 0 Å². The molecule has 0 aliphatic carbocycles. The first kappa shape index (κ1) is 17.6. The zero-order valence-corrected chi connectivity index (χ0v) is 15.4. The summed E-state index contributed by atoms with van der Waals surface area (Å²) in [6, 6.07) is 11.2. The number of amides is 2. The molecule has 0 atom stereocenters. The van der Waals surface area contributed by atoms with Gasteiger partial charge < -0.3 is 14.5 Å². The van der Waals surface area contributed by atoms with Gasteiger partial charge in [-0.15, -0.1) is 0 Å². The van der Waals surface area contributed by atoms with E-state index in [2.05, 4.69) is 9.88 Å². The minimum Gasteiger partial charge on any atom is -0.480 e. The molecule has 0 radical (unpaired) electrons. The number of pyridine rings is 1. The lowest BCUT2D eigenvalue weighted by Gasteiger charge is -2.37. The summed E-state index contributed by atoms with van der Waals surface area (Å²) in [5.74, 6) is 0.579. The van der Waals surface area contributed by atoms with Crippen molar-refractivity contribution in [1.82, 2.24) is 9.88 Å². The van der Waals surface area contributed by atoms with Crippen molar-refractivity contribution in [3.05, 3.63) is 47.6 Å². The standard InChI is InChI=1S/C19H19ClN4O3/c20-14-3-1-4-15(11-14)22-7-9-23(10-8-22)17(25)12-24-18(26)13-27-16-5-2-6-21-19(16)24/h1-6,11H,7-10,12-13H2. The Labute approximate surface area is 162 Å². The van der Waals surface area contributed by atoms with E-state index in [1.165, 1.54) is 4.90 Å². The number of anilines is 2. The SMILES string of the molecule is O=C(CN1C(=O)COc2cccnc21)N1CCN(c2cccc(Cl)c2)CC1. The lowest BCUT2D eigenvalue weighted by molar-refractivity contribution is -0.132. The second kappa shape index (κ2) is 7.44. The summed E-state index contributed by atoms with van der Waals surface area (Å²) in [6.07, 6.45) is 1.59. The van der Waals surface area contributed by atoms with Crippen LogP contribution in [-0.2, 0) is 9.59 Å². The molecule has 140 valence electrons. The molecule has 3 heterocycles. The van der Waals surface area contributed by atoms with Gasteiger partial charge >= 0.3 is 0 Å². The van der Waals surface area contributed by atoms with E-state index in [1.807, 2.05) is 24.3 Å². The van der Waals surface area contributed by atoms with E-state index in [4.69, 9.17) is 16.3 Å². The van der Waals surface area contributed by atoms with Crippen molar-refractivity contribution in [3.8, 4) is 5.75 Å². The number of rotatable bonds is 3. The van der Waals surface area contributed by atoms with Crippen molar-refractivity contribution in [3.63, 3.8) is 0 Å². The summed E-state index contributed by atoms with van der Waals surface area (Å²) in [5.41, 5.74) is 1.05. The molecule has 4 rings (SSSR count). The number of halogens is 1. The average molecular weight is 387 g/mol. The number of benzene rings is 1. The van der Waals surface area contributed by atoms with Crippen LogP contribution in [-0.4, -0.2) is 61.0 Å². The van der Waals surface area contributed by atoms with Crippen molar-refractivity contribution in [2.75, 3.05) is 49.1 Å². The highest BCUT2D eigenvalue weighted by molar-refractivity contribution is 6.30. The van der Waals surface area contributed by atoms with Gasteiger partial charge in [-0.3, -0.25) is 14.5 Å². The number of carbonyl (C=O) groups excluding carboxylic acids is 2. The number of aromatic nitrogens is 1. The van der Waals surface area contributed by atoms with Gasteiger partial charge in [0.1, 0.15) is 6.54 Å². The molecule has 1 fully saturated rings. The summed E-state index contributed by atoms with van der Waals surface area (Å²) < 4.78 is 5.37. The van der Waals surface area contributed by atoms with Crippen LogP contribution in [0.15, 0.2) is 42.6 Å². The van der Waals surface area contributed by atoms with E-state index in [9.17, 15) is 9.59 Å². The molecule has 27 heavy (non-hydrogen) atoms. The Kier molecular flexibility index (Phi) is 4.85. The Morgan fingerprint density at radius 1 is 1.15 bits per heavy atom. The first-order chi connectivity index (χ1) is 13.1. The largest absolute Gasteiger partial charge is 0.480 e. The maximum absolute atomic E-state index is 12.7. The lowest BCUT2D eigenvalue weighted by atomic mass is 10.2. The van der Waals surface area contributed by atoms with Gasteiger partial charge in [0, 0.05) is 43.1 Å². The van der Waals surface area contributed by atoms with Crippen molar-refractivity contribution >= 4 is 34.9 Å². The predicted octanol–water partition coefficient (Wildman–Crippen LogP) is 1.81. The van der Waals surface area contributed by atoms with Gasteiger partial charge in [-0.05, 0) is 30.3 Å². The molecule has 0 bridgehead atoms. The lowest BCUT2D eigenvalue weighted by Crippen LogP contribution is -2.53. The van der Waals surface area contributed by atoms with Gasteiger partial charge in [0.25, 0.3) is 5.91 Å². The van der Waals surface area contributed by atoms with E-state index < -0.39 is 0 Å². The Balaban J connectivity index is 1.39. The molecule has 0 N–H and O–H groups in total. The molecular weight excluding hydrogens is 368 g/mol. The topological polar surface area (TPSA) is 66.0 Å². The minimum atomic E-state index is -0.257. The molecule has 2 aromatic rings. The number of ether oxygens (including phenoxy) is 1. The van der Waals surface area contributed by atoms with Gasteiger partial charge in [-0.25, -0.2) is 4.98 Å². The molecule has 0 unspecified atom stereocenters. The van der Waals surface area contributed by atoms with Crippen LogP contribution >= 0.6 is 11.6 Å². The second-order valence-corrected chi connectivity index (χ2v) is 6.88. The highest BCUT2D eigenvalue weighted by Gasteiger charge is 2.30. The summed E-state index contributed by atoms with van der Waals surface area (Å²) >= 11 is 6.06. The fraction of sp³-hybridized carbons (Fsp3) is 0.316. The van der Waals surface area contributed by atoms with Gasteiger partial charge in [-0.2, -0.15) is 0 Å². The molecule has 2 aliphatic heterocycles. The Morgan fingerprint density at radius 3 is 2.74 bits per heavy atom. The Hall–Kier alpha value is -2.80. The first-order valence-corrected chi connectivity index (χ1v) is 9.16. The summed E-state index contributed by atoms with van der Waals surface area (Å²) in [5, 5.41) is 0.697. The molecular formula is C19H19ClN4O3. The third kappa shape index (κ3) is 3.68. The summed E-state index contributed by atoms with van der Waals surface area (Å²) in [7, 11) is 0. The van der Waals surface area contributed by atoms with Crippen LogP contribution < -0.4 is 14.5 Å². The van der Waals surface area contributed by atoms with Crippen LogP contribution in [0, 0.1) is 0 Å². The predicted molar refractivity (Wildman–Crippen MR) is 102 cm³/mol. The van der Waals surface area contributed by atoms with Gasteiger partial charge in [0.15, 0.2) is 18.2 Å². The fourth-order valence-corrected chi connectivity index (χ4v) is 3.50. The van der Waals surface area contributed by atoms with Crippen LogP contribution in [0.2, 0.25) is 5.02 Å². The number of nitrogens with zero attached hydrogens (tertiary/aromatic N) is 4. The maximum atomic E-state index is 12.7. The average Bonchev–Trinajstić information content (AvgIpc) is 2.70. The molecule has 0 saturated carbocycles. The Morgan fingerprint density at radius 2 is 1.96 bits per heavy atom. The quantitative estimate of drug-likeness (QED) is 0.805. The van der Waals surface area contributed by atoms with Crippen LogP contribution in [0.25, 0.3) is 0 Å². The number of hydrogen-bond donors (Lipinski definition) is 0. The van der Waals surface area contributed by atoms with E-state index >= 15 is 0 Å². The third-order valence-corrected chi connectivity index (χ3v) is 4.99. The molecule has 1 aromatic heterocycles. The number of carbonyl (C=O) groups is 2. The first-order valence-electron chi connectivity index (χ1n) is 8.78. The molecule has 2 amide bonds. The highest BCUT2D eigenvalue weighted by Crippen LogP contribution is 2.29. The third-order valence-electron chi connectivity index (χ3n) is 4.76. The van der Waals surface area contributed by atoms with E-state index in [0.29, 0.717) is 29.7 Å². The number of piperazine rings is 1. The zero-order chi connectivity index (χ0) is 18.8. The van der Waals surface area contributed by atoms with Gasteiger partial charge in [0.05, 0.1) is 0 Å². The minimum absolute atomic E-state index is 0.0244. The number of fused-ring (bicyclic) bond motifs is 1. The maximum Gasteiger partial charge on any atom is 0.266 e. The second-order valence-electron chi connectivity index (χ2n) is 6.44. The summed E-state index contributed by atoms with van der Waals surface area (Å²) in [4.78, 5) is 34.5. The Bertz CT molecular complexity index is 868. The molecule has 8 heteroatoms. The van der Waals surface area contributed by atoms with Crippen LogP contribution in [0.5, 0.6) is 5.75 Å².